The van der Waals surface area contributed by atoms with E-state index in [0.717, 1.165) is 38.0 Å². The minimum absolute atomic E-state index is 0.0273. The summed E-state index contributed by atoms with van der Waals surface area (Å²) in [7, 11) is 0. The molecule has 0 radical (unpaired) electrons. The molecule has 166 valence electrons. The van der Waals surface area contributed by atoms with E-state index >= 15 is 0 Å². The van der Waals surface area contributed by atoms with Crippen molar-refractivity contribution in [1.29, 1.82) is 0 Å². The van der Waals surface area contributed by atoms with Crippen LogP contribution in [0.3, 0.4) is 0 Å². The summed E-state index contributed by atoms with van der Waals surface area (Å²) in [6, 6.07) is 14.9. The van der Waals surface area contributed by atoms with Crippen LogP contribution >= 0.6 is 11.6 Å². The third-order valence-electron chi connectivity index (χ3n) is 5.52. The molecule has 7 heteroatoms. The van der Waals surface area contributed by atoms with Crippen LogP contribution in [-0.4, -0.2) is 43.6 Å². The van der Waals surface area contributed by atoms with Crippen molar-refractivity contribution in [2.24, 2.45) is 0 Å². The van der Waals surface area contributed by atoms with E-state index in [1.165, 1.54) is 0 Å². The van der Waals surface area contributed by atoms with E-state index in [2.05, 4.69) is 22.5 Å². The Morgan fingerprint density at radius 3 is 2.48 bits per heavy atom. The number of amides is 2. The molecule has 1 atom stereocenters. The smallest absolute Gasteiger partial charge is 0.258 e. The minimum atomic E-state index is -0.137. The number of nitrogens with zero attached hydrogens (tertiary/aromatic N) is 1. The Hall–Kier alpha value is -2.73. The molecule has 1 aliphatic rings. The molecule has 2 amide bonds. The molecule has 1 fully saturated rings. The van der Waals surface area contributed by atoms with E-state index in [9.17, 15) is 9.59 Å². The number of anilines is 1. The summed E-state index contributed by atoms with van der Waals surface area (Å²) in [5, 5.41) is 6.72. The lowest BCUT2D eigenvalue weighted by Crippen LogP contribution is -2.46. The average molecular weight is 444 g/mol. The van der Waals surface area contributed by atoms with Gasteiger partial charge in [0.1, 0.15) is 5.75 Å². The molecule has 0 bridgehead atoms. The number of hydrogen-bond acceptors (Lipinski definition) is 4. The lowest BCUT2D eigenvalue weighted by atomic mass is 10.0. The zero-order valence-electron chi connectivity index (χ0n) is 18.1. The summed E-state index contributed by atoms with van der Waals surface area (Å²) in [5.74, 6) is 0.433. The number of carbonyl (C=O) groups excluding carboxylic acids is 2. The second kappa shape index (κ2) is 11.0. The molecule has 2 aromatic rings. The van der Waals surface area contributed by atoms with Gasteiger partial charge < -0.3 is 20.3 Å². The van der Waals surface area contributed by atoms with Crippen LogP contribution in [0.5, 0.6) is 5.75 Å². The van der Waals surface area contributed by atoms with Crippen LogP contribution in [0.4, 0.5) is 5.69 Å². The summed E-state index contributed by atoms with van der Waals surface area (Å²) in [6.07, 6.45) is 2.52. The summed E-state index contributed by atoms with van der Waals surface area (Å²) < 4.78 is 5.51. The highest BCUT2D eigenvalue weighted by atomic mass is 35.5. The topological polar surface area (TPSA) is 70.7 Å². The molecule has 6 nitrogen and oxygen atoms in total. The van der Waals surface area contributed by atoms with Crippen molar-refractivity contribution in [3.63, 3.8) is 0 Å². The van der Waals surface area contributed by atoms with Gasteiger partial charge in [0.25, 0.3) is 11.8 Å². The molecule has 2 N–H and O–H groups in total. The van der Waals surface area contributed by atoms with Crippen LogP contribution in [-0.2, 0) is 4.79 Å². The van der Waals surface area contributed by atoms with E-state index in [4.69, 9.17) is 16.3 Å². The number of para-hydroxylation sites is 1. The van der Waals surface area contributed by atoms with Gasteiger partial charge in [0.2, 0.25) is 0 Å². The number of rotatable bonds is 8. The maximum Gasteiger partial charge on any atom is 0.258 e. The summed E-state index contributed by atoms with van der Waals surface area (Å²) in [5.41, 5.74) is 1.64. The van der Waals surface area contributed by atoms with Crippen molar-refractivity contribution in [3.05, 3.63) is 59.1 Å². The van der Waals surface area contributed by atoms with Gasteiger partial charge in [-0.3, -0.25) is 9.59 Å². The summed E-state index contributed by atoms with van der Waals surface area (Å²) >= 11 is 5.85. The number of carbonyl (C=O) groups is 2. The van der Waals surface area contributed by atoms with Gasteiger partial charge in [-0.1, -0.05) is 30.7 Å². The lowest BCUT2D eigenvalue weighted by Gasteiger charge is -2.35. The summed E-state index contributed by atoms with van der Waals surface area (Å²) in [4.78, 5) is 27.1. The lowest BCUT2D eigenvalue weighted by molar-refractivity contribution is -0.123. The number of halogens is 1. The van der Waals surface area contributed by atoms with Crippen LogP contribution in [0.2, 0.25) is 5.02 Å². The molecular formula is C24H30ClN3O3. The summed E-state index contributed by atoms with van der Waals surface area (Å²) in [6.45, 7) is 5.58. The van der Waals surface area contributed by atoms with Gasteiger partial charge >= 0.3 is 0 Å². The Bertz CT molecular complexity index is 880. The van der Waals surface area contributed by atoms with Gasteiger partial charge in [-0.25, -0.2) is 0 Å². The molecule has 3 rings (SSSR count). The van der Waals surface area contributed by atoms with Crippen molar-refractivity contribution in [3.8, 4) is 5.75 Å². The third-order valence-corrected chi connectivity index (χ3v) is 5.77. The Morgan fingerprint density at radius 2 is 1.81 bits per heavy atom. The average Bonchev–Trinajstić information content (AvgIpc) is 2.79. The van der Waals surface area contributed by atoms with Gasteiger partial charge in [-0.15, -0.1) is 0 Å². The Balaban J connectivity index is 1.50. The number of piperidine rings is 1. The van der Waals surface area contributed by atoms with Gasteiger partial charge in [0.05, 0.1) is 5.56 Å². The van der Waals surface area contributed by atoms with Crippen molar-refractivity contribution in [2.75, 3.05) is 24.6 Å². The SMILES string of the molecule is CCC(C)NC(=O)c1ccccc1N1CCC(NC(=O)COc2ccc(Cl)cc2)CC1. The van der Waals surface area contributed by atoms with Crippen molar-refractivity contribution < 1.29 is 14.3 Å². The van der Waals surface area contributed by atoms with Crippen LogP contribution in [0, 0.1) is 0 Å². The Kier molecular flexibility index (Phi) is 8.18. The molecule has 31 heavy (non-hydrogen) atoms. The van der Waals surface area contributed by atoms with Gasteiger partial charge in [0.15, 0.2) is 6.61 Å². The highest BCUT2D eigenvalue weighted by molar-refractivity contribution is 6.30. The fraction of sp³-hybridized carbons (Fsp3) is 0.417. The molecule has 1 aliphatic heterocycles. The maximum absolute atomic E-state index is 12.7. The number of ether oxygens (including phenoxy) is 1. The Labute approximate surface area is 188 Å². The van der Waals surface area contributed by atoms with Crippen molar-refractivity contribution >= 4 is 29.1 Å². The van der Waals surface area contributed by atoms with Gasteiger partial charge in [-0.05, 0) is 62.6 Å². The van der Waals surface area contributed by atoms with Crippen molar-refractivity contribution in [2.45, 2.75) is 45.2 Å². The quantitative estimate of drug-likeness (QED) is 0.646. The molecule has 1 saturated heterocycles. The van der Waals surface area contributed by atoms with E-state index in [1.54, 1.807) is 24.3 Å². The monoisotopic (exact) mass is 443 g/mol. The predicted molar refractivity (Wildman–Crippen MR) is 124 cm³/mol. The minimum Gasteiger partial charge on any atom is -0.484 e. The molecule has 1 unspecified atom stereocenters. The molecule has 2 aromatic carbocycles. The van der Waals surface area contributed by atoms with E-state index < -0.39 is 0 Å². The van der Waals surface area contributed by atoms with E-state index in [1.807, 2.05) is 31.2 Å². The number of hydrogen-bond donors (Lipinski definition) is 2. The van der Waals surface area contributed by atoms with Gasteiger partial charge in [-0.2, -0.15) is 0 Å². The maximum atomic E-state index is 12.7. The zero-order chi connectivity index (χ0) is 22.2. The largest absolute Gasteiger partial charge is 0.484 e. The van der Waals surface area contributed by atoms with Gasteiger partial charge in [0, 0.05) is 35.9 Å². The number of nitrogens with one attached hydrogen (secondary N) is 2. The fourth-order valence-corrected chi connectivity index (χ4v) is 3.68. The first-order chi connectivity index (χ1) is 15.0. The highest BCUT2D eigenvalue weighted by Crippen LogP contribution is 2.24. The van der Waals surface area contributed by atoms with Crippen LogP contribution < -0.4 is 20.3 Å². The van der Waals surface area contributed by atoms with Crippen molar-refractivity contribution in [1.82, 2.24) is 10.6 Å². The number of benzene rings is 2. The Morgan fingerprint density at radius 1 is 1.13 bits per heavy atom. The standard InChI is InChI=1S/C24H30ClN3O3/c1-3-17(2)26-24(30)21-6-4-5-7-22(21)28-14-12-19(13-15-28)27-23(29)16-31-20-10-8-18(25)9-11-20/h4-11,17,19H,3,12-16H2,1-2H3,(H,26,30)(H,27,29). The van der Waals surface area contributed by atoms with E-state index in [-0.39, 0.29) is 30.5 Å². The fourth-order valence-electron chi connectivity index (χ4n) is 3.56. The van der Waals surface area contributed by atoms with Crippen LogP contribution in [0.1, 0.15) is 43.5 Å². The van der Waals surface area contributed by atoms with Crippen LogP contribution in [0.25, 0.3) is 0 Å². The second-order valence-electron chi connectivity index (χ2n) is 7.87. The first-order valence-corrected chi connectivity index (χ1v) is 11.2. The first-order valence-electron chi connectivity index (χ1n) is 10.8. The normalized spacial score (nSPS) is 15.3. The van der Waals surface area contributed by atoms with Crippen LogP contribution in [0.15, 0.2) is 48.5 Å². The highest BCUT2D eigenvalue weighted by Gasteiger charge is 2.24. The molecule has 0 saturated carbocycles. The predicted octanol–water partition coefficient (Wildman–Crippen LogP) is 4.03. The second-order valence-corrected chi connectivity index (χ2v) is 8.31. The first kappa shape index (κ1) is 22.9. The molecule has 0 aromatic heterocycles. The zero-order valence-corrected chi connectivity index (χ0v) is 18.8. The molecule has 0 spiro atoms. The third kappa shape index (κ3) is 6.62. The molecular weight excluding hydrogens is 414 g/mol. The molecule has 0 aliphatic carbocycles. The molecule has 1 heterocycles. The van der Waals surface area contributed by atoms with E-state index in [0.29, 0.717) is 16.3 Å².